The Morgan fingerprint density at radius 3 is 2.96 bits per heavy atom. The van der Waals surface area contributed by atoms with Crippen LogP contribution in [0.4, 0.5) is 10.5 Å². The molecular weight excluding hydrogens is 312 g/mol. The third-order valence-electron chi connectivity index (χ3n) is 3.40. The van der Waals surface area contributed by atoms with Crippen molar-refractivity contribution >= 4 is 29.0 Å². The number of nitrogens with zero attached hydrogens (tertiary/aromatic N) is 2. The van der Waals surface area contributed by atoms with E-state index in [-0.39, 0.29) is 6.03 Å². The summed E-state index contributed by atoms with van der Waals surface area (Å²) >= 11 is 5.88. The molecule has 3 aromatic rings. The maximum absolute atomic E-state index is 11.8. The first-order chi connectivity index (χ1) is 11.1. The van der Waals surface area contributed by atoms with E-state index >= 15 is 0 Å². The highest BCUT2D eigenvalue weighted by molar-refractivity contribution is 6.30. The highest BCUT2D eigenvalue weighted by atomic mass is 35.5. The molecule has 2 amide bonds. The Morgan fingerprint density at radius 1 is 1.26 bits per heavy atom. The van der Waals surface area contributed by atoms with Gasteiger partial charge in [0, 0.05) is 36.1 Å². The van der Waals surface area contributed by atoms with Crippen LogP contribution in [0.5, 0.6) is 0 Å². The number of hydrogen-bond acceptors (Lipinski definition) is 2. The van der Waals surface area contributed by atoms with Crippen molar-refractivity contribution in [2.45, 2.75) is 13.3 Å². The van der Waals surface area contributed by atoms with Crippen molar-refractivity contribution in [2.75, 3.05) is 11.9 Å². The highest BCUT2D eigenvalue weighted by Gasteiger charge is 2.04. The monoisotopic (exact) mass is 328 g/mol. The zero-order chi connectivity index (χ0) is 16.2. The first kappa shape index (κ1) is 15.4. The number of anilines is 1. The highest BCUT2D eigenvalue weighted by Crippen LogP contribution is 2.14. The van der Waals surface area contributed by atoms with E-state index in [1.807, 2.05) is 35.9 Å². The molecule has 0 aliphatic rings. The number of urea groups is 1. The summed E-state index contributed by atoms with van der Waals surface area (Å²) in [5, 5.41) is 6.14. The molecule has 2 N–H and O–H groups in total. The van der Waals surface area contributed by atoms with Crippen LogP contribution in [-0.4, -0.2) is 22.0 Å². The number of carbonyl (C=O) groups is 1. The molecule has 0 aliphatic carbocycles. The number of aromatic nitrogens is 2. The van der Waals surface area contributed by atoms with Gasteiger partial charge in [0.05, 0.1) is 5.69 Å². The van der Waals surface area contributed by atoms with Crippen LogP contribution in [0.1, 0.15) is 11.3 Å². The fourth-order valence-corrected chi connectivity index (χ4v) is 2.51. The van der Waals surface area contributed by atoms with Crippen LogP contribution in [0.25, 0.3) is 5.65 Å². The van der Waals surface area contributed by atoms with Gasteiger partial charge in [-0.2, -0.15) is 0 Å². The summed E-state index contributed by atoms with van der Waals surface area (Å²) in [5.41, 5.74) is 3.70. The van der Waals surface area contributed by atoms with Gasteiger partial charge in [0.2, 0.25) is 0 Å². The van der Waals surface area contributed by atoms with Gasteiger partial charge < -0.3 is 15.0 Å². The van der Waals surface area contributed by atoms with Gasteiger partial charge in [0.25, 0.3) is 0 Å². The molecule has 0 saturated carbocycles. The van der Waals surface area contributed by atoms with Crippen LogP contribution < -0.4 is 10.6 Å². The number of aryl methyl sites for hydroxylation is 1. The maximum atomic E-state index is 11.8. The van der Waals surface area contributed by atoms with Gasteiger partial charge in [0.1, 0.15) is 5.65 Å². The van der Waals surface area contributed by atoms with Crippen molar-refractivity contribution < 1.29 is 4.79 Å². The van der Waals surface area contributed by atoms with Crippen LogP contribution in [0.3, 0.4) is 0 Å². The van der Waals surface area contributed by atoms with Gasteiger partial charge >= 0.3 is 6.03 Å². The number of fused-ring (bicyclic) bond motifs is 1. The topological polar surface area (TPSA) is 58.4 Å². The van der Waals surface area contributed by atoms with Gasteiger partial charge in [-0.3, -0.25) is 0 Å². The number of carbonyl (C=O) groups excluding carboxylic acids is 1. The average molecular weight is 329 g/mol. The molecular formula is C17H17ClN4O. The van der Waals surface area contributed by atoms with Gasteiger partial charge in [-0.15, -0.1) is 0 Å². The SMILES string of the molecule is Cc1ccc2nc(CCNC(=O)Nc3cccc(Cl)c3)cn2c1. The van der Waals surface area contributed by atoms with E-state index in [2.05, 4.69) is 15.6 Å². The molecule has 0 fully saturated rings. The summed E-state index contributed by atoms with van der Waals surface area (Å²) in [4.78, 5) is 16.4. The summed E-state index contributed by atoms with van der Waals surface area (Å²) < 4.78 is 2.00. The quantitative estimate of drug-likeness (QED) is 0.768. The van der Waals surface area contributed by atoms with Crippen molar-refractivity contribution in [3.8, 4) is 0 Å². The van der Waals surface area contributed by atoms with Gasteiger partial charge in [-0.05, 0) is 36.8 Å². The van der Waals surface area contributed by atoms with Crippen LogP contribution >= 0.6 is 11.6 Å². The largest absolute Gasteiger partial charge is 0.337 e. The first-order valence-electron chi connectivity index (χ1n) is 7.35. The second-order valence-corrected chi connectivity index (χ2v) is 5.78. The second kappa shape index (κ2) is 6.71. The molecule has 2 aromatic heterocycles. The molecule has 0 spiro atoms. The Labute approximate surface area is 139 Å². The number of rotatable bonds is 4. The number of benzene rings is 1. The fourth-order valence-electron chi connectivity index (χ4n) is 2.32. The predicted molar refractivity (Wildman–Crippen MR) is 92.1 cm³/mol. The Morgan fingerprint density at radius 2 is 2.13 bits per heavy atom. The van der Waals surface area contributed by atoms with Crippen molar-refractivity contribution in [3.63, 3.8) is 0 Å². The molecule has 0 unspecified atom stereocenters. The minimum absolute atomic E-state index is 0.258. The molecule has 6 heteroatoms. The van der Waals surface area contributed by atoms with E-state index in [0.29, 0.717) is 23.7 Å². The molecule has 0 radical (unpaired) electrons. The molecule has 0 aliphatic heterocycles. The van der Waals surface area contributed by atoms with Crippen LogP contribution in [-0.2, 0) is 6.42 Å². The number of nitrogens with one attached hydrogen (secondary N) is 2. The molecule has 3 rings (SSSR count). The molecule has 23 heavy (non-hydrogen) atoms. The van der Waals surface area contributed by atoms with Gasteiger partial charge in [0.15, 0.2) is 0 Å². The Hall–Kier alpha value is -2.53. The maximum Gasteiger partial charge on any atom is 0.319 e. The molecule has 1 aromatic carbocycles. The van der Waals surface area contributed by atoms with Crippen LogP contribution in [0.2, 0.25) is 5.02 Å². The Bertz CT molecular complexity index is 843. The number of halogens is 1. The van der Waals surface area contributed by atoms with E-state index in [0.717, 1.165) is 11.3 Å². The summed E-state index contributed by atoms with van der Waals surface area (Å²) in [5.74, 6) is 0. The number of imidazole rings is 1. The lowest BCUT2D eigenvalue weighted by Gasteiger charge is -2.07. The van der Waals surface area contributed by atoms with Gasteiger partial charge in [-0.25, -0.2) is 9.78 Å². The third-order valence-corrected chi connectivity index (χ3v) is 3.63. The van der Waals surface area contributed by atoms with Gasteiger partial charge in [-0.1, -0.05) is 23.7 Å². The van der Waals surface area contributed by atoms with E-state index in [9.17, 15) is 4.79 Å². The summed E-state index contributed by atoms with van der Waals surface area (Å²) in [6.07, 6.45) is 4.69. The average Bonchev–Trinajstić information content (AvgIpc) is 2.89. The van der Waals surface area contributed by atoms with Crippen molar-refractivity contribution in [1.82, 2.24) is 14.7 Å². The smallest absolute Gasteiger partial charge is 0.319 e. The number of hydrogen-bond donors (Lipinski definition) is 2. The lowest BCUT2D eigenvalue weighted by atomic mass is 10.3. The lowest BCUT2D eigenvalue weighted by Crippen LogP contribution is -2.30. The zero-order valence-corrected chi connectivity index (χ0v) is 13.5. The third kappa shape index (κ3) is 4.02. The Kier molecular flexibility index (Phi) is 4.48. The fraction of sp³-hybridized carbons (Fsp3) is 0.176. The lowest BCUT2D eigenvalue weighted by molar-refractivity contribution is 0.252. The van der Waals surface area contributed by atoms with Crippen molar-refractivity contribution in [2.24, 2.45) is 0 Å². The molecule has 5 nitrogen and oxygen atoms in total. The van der Waals surface area contributed by atoms with E-state index in [1.165, 1.54) is 5.56 Å². The molecule has 0 saturated heterocycles. The molecule has 0 bridgehead atoms. The number of pyridine rings is 1. The molecule has 0 atom stereocenters. The summed E-state index contributed by atoms with van der Waals surface area (Å²) in [6, 6.07) is 10.8. The van der Waals surface area contributed by atoms with Crippen molar-refractivity contribution in [3.05, 3.63) is 65.1 Å². The van der Waals surface area contributed by atoms with Crippen LogP contribution in [0, 0.1) is 6.92 Å². The normalized spacial score (nSPS) is 10.7. The first-order valence-corrected chi connectivity index (χ1v) is 7.72. The molecule has 2 heterocycles. The minimum Gasteiger partial charge on any atom is -0.337 e. The van der Waals surface area contributed by atoms with E-state index in [1.54, 1.807) is 24.3 Å². The zero-order valence-electron chi connectivity index (χ0n) is 12.7. The van der Waals surface area contributed by atoms with Crippen LogP contribution in [0.15, 0.2) is 48.8 Å². The van der Waals surface area contributed by atoms with E-state index < -0.39 is 0 Å². The summed E-state index contributed by atoms with van der Waals surface area (Å²) in [6.45, 7) is 2.55. The molecule has 118 valence electrons. The predicted octanol–water partition coefficient (Wildman–Crippen LogP) is 3.66. The summed E-state index contributed by atoms with van der Waals surface area (Å²) in [7, 11) is 0. The Balaban J connectivity index is 1.52. The minimum atomic E-state index is -0.258. The van der Waals surface area contributed by atoms with E-state index in [4.69, 9.17) is 11.6 Å². The second-order valence-electron chi connectivity index (χ2n) is 5.35. The number of amides is 2. The standard InChI is InChI=1S/C17H17ClN4O/c1-12-5-6-16-20-15(11-22(16)10-12)7-8-19-17(23)21-14-4-2-3-13(18)9-14/h2-6,9-11H,7-8H2,1H3,(H2,19,21,23). The van der Waals surface area contributed by atoms with Crippen molar-refractivity contribution in [1.29, 1.82) is 0 Å².